The molecule has 28 heavy (non-hydrogen) atoms. The second kappa shape index (κ2) is 6.09. The minimum Gasteiger partial charge on any atom is -0.500 e. The molecule has 4 aliphatic heterocycles. The van der Waals surface area contributed by atoms with E-state index < -0.39 is 5.60 Å². The van der Waals surface area contributed by atoms with Crippen LogP contribution in [-0.4, -0.2) is 27.7 Å². The molecule has 0 radical (unpaired) electrons. The van der Waals surface area contributed by atoms with Crippen molar-refractivity contribution in [3.05, 3.63) is 54.1 Å². The van der Waals surface area contributed by atoms with Crippen molar-refractivity contribution >= 4 is 16.9 Å². The van der Waals surface area contributed by atoms with E-state index in [1.54, 1.807) is 6.26 Å². The topological polar surface area (TPSA) is 53.4 Å². The molecule has 0 bridgehead atoms. The van der Waals surface area contributed by atoms with Crippen molar-refractivity contribution in [2.45, 2.75) is 39.3 Å². The Hall–Kier alpha value is -2.82. The first-order valence-electron chi connectivity index (χ1n) is 9.82. The van der Waals surface area contributed by atoms with Crippen LogP contribution in [0.4, 0.5) is 0 Å². The molecule has 0 N–H and O–H groups in total. The average molecular weight is 376 g/mol. The Morgan fingerprint density at radius 1 is 1.25 bits per heavy atom. The third kappa shape index (κ3) is 2.77. The van der Waals surface area contributed by atoms with Crippen LogP contribution in [0.15, 0.2) is 48.4 Å². The van der Waals surface area contributed by atoms with Crippen molar-refractivity contribution in [2.24, 2.45) is 11.8 Å². The van der Waals surface area contributed by atoms with E-state index in [2.05, 4.69) is 29.0 Å². The molecule has 0 saturated carbocycles. The minimum absolute atomic E-state index is 0.0917. The van der Waals surface area contributed by atoms with Gasteiger partial charge in [0.2, 0.25) is 0 Å². The number of rotatable bonds is 1. The third-order valence-corrected chi connectivity index (χ3v) is 5.69. The number of hydrogen-bond acceptors (Lipinski definition) is 4. The smallest absolute Gasteiger partial charge is 0.337 e. The molecule has 2 unspecified atom stereocenters. The molecule has 0 fully saturated rings. The van der Waals surface area contributed by atoms with Gasteiger partial charge in [-0.25, -0.2) is 9.78 Å². The van der Waals surface area contributed by atoms with Crippen LogP contribution in [0.25, 0.3) is 22.2 Å². The summed E-state index contributed by atoms with van der Waals surface area (Å²) in [4.78, 5) is 17.7. The molecule has 0 saturated heterocycles. The van der Waals surface area contributed by atoms with Crippen molar-refractivity contribution in [3.8, 4) is 11.3 Å². The van der Waals surface area contributed by atoms with Crippen LogP contribution < -0.4 is 0 Å². The zero-order chi connectivity index (χ0) is 19.5. The van der Waals surface area contributed by atoms with Gasteiger partial charge in [-0.1, -0.05) is 18.2 Å². The quantitative estimate of drug-likeness (QED) is 0.598. The maximum absolute atomic E-state index is 12.8. The van der Waals surface area contributed by atoms with E-state index in [1.807, 2.05) is 32.9 Å². The summed E-state index contributed by atoms with van der Waals surface area (Å²) in [5, 5.41) is 1.18. The van der Waals surface area contributed by atoms with Crippen LogP contribution in [0, 0.1) is 11.8 Å². The van der Waals surface area contributed by atoms with Gasteiger partial charge in [-0.3, -0.25) is 0 Å². The zero-order valence-corrected chi connectivity index (χ0v) is 16.4. The van der Waals surface area contributed by atoms with E-state index in [0.29, 0.717) is 12.2 Å². The second-order valence-corrected chi connectivity index (χ2v) is 8.79. The fourth-order valence-electron chi connectivity index (χ4n) is 4.44. The highest BCUT2D eigenvalue weighted by Gasteiger charge is 2.39. The Labute approximate surface area is 164 Å². The summed E-state index contributed by atoms with van der Waals surface area (Å²) in [5.41, 5.74) is 4.54. The molecule has 5 nitrogen and oxygen atoms in total. The van der Waals surface area contributed by atoms with Crippen molar-refractivity contribution in [1.29, 1.82) is 0 Å². The van der Waals surface area contributed by atoms with Crippen LogP contribution in [0.3, 0.4) is 0 Å². The zero-order valence-electron chi connectivity index (χ0n) is 16.4. The maximum atomic E-state index is 12.8. The summed E-state index contributed by atoms with van der Waals surface area (Å²) in [6.45, 7) is 7.11. The normalized spacial score (nSPS) is 21.6. The second-order valence-electron chi connectivity index (χ2n) is 8.79. The lowest BCUT2D eigenvalue weighted by Gasteiger charge is -2.38. The summed E-state index contributed by atoms with van der Waals surface area (Å²) in [6, 6.07) is 10.4. The number of carbonyl (C=O) groups excluding carboxylic acids is 1. The molecule has 0 aliphatic carbocycles. The Bertz CT molecular complexity index is 1070. The Balaban J connectivity index is 1.55. The molecule has 0 aromatic heterocycles. The molecule has 5 heteroatoms. The molecule has 2 atom stereocenters. The van der Waals surface area contributed by atoms with Crippen LogP contribution in [0.2, 0.25) is 0 Å². The third-order valence-electron chi connectivity index (χ3n) is 5.69. The molecule has 4 heterocycles. The summed E-state index contributed by atoms with van der Waals surface area (Å²) in [7, 11) is 0. The number of hydrogen-bond donors (Lipinski definition) is 0. The molecule has 144 valence electrons. The van der Waals surface area contributed by atoms with E-state index >= 15 is 0 Å². The molecule has 1 aromatic carbocycles. The Morgan fingerprint density at radius 2 is 2.07 bits per heavy atom. The first-order valence-corrected chi connectivity index (χ1v) is 9.82. The van der Waals surface area contributed by atoms with Crippen LogP contribution in [0.1, 0.15) is 26.5 Å². The lowest BCUT2D eigenvalue weighted by Crippen LogP contribution is -2.40. The highest BCUT2D eigenvalue weighted by Crippen LogP contribution is 2.41. The number of ether oxygens (including phenoxy) is 2. The predicted octanol–water partition coefficient (Wildman–Crippen LogP) is 4.19. The van der Waals surface area contributed by atoms with Gasteiger partial charge in [-0.15, -0.1) is 0 Å². The minimum atomic E-state index is -0.523. The Kier molecular flexibility index (Phi) is 3.76. The van der Waals surface area contributed by atoms with Gasteiger partial charge in [0.05, 0.1) is 29.7 Å². The lowest BCUT2D eigenvalue weighted by atomic mass is 9.78. The summed E-state index contributed by atoms with van der Waals surface area (Å²) in [6.07, 6.45) is 4.52. The van der Waals surface area contributed by atoms with Crippen LogP contribution in [-0.2, 0) is 27.2 Å². The SMILES string of the molecule is CC(C)(C)OC(=O)C1=COCC2Cn3ccc4c5ccccc5nc-4c3CC12. The molecular weight excluding hydrogens is 352 g/mol. The number of fused-ring (bicyclic) bond motifs is 6. The number of esters is 1. The Morgan fingerprint density at radius 3 is 2.89 bits per heavy atom. The molecule has 4 aliphatic rings. The first kappa shape index (κ1) is 17.3. The van der Waals surface area contributed by atoms with Crippen LogP contribution >= 0.6 is 0 Å². The van der Waals surface area contributed by atoms with Gasteiger partial charge in [-0.2, -0.15) is 0 Å². The van der Waals surface area contributed by atoms with E-state index in [4.69, 9.17) is 14.5 Å². The number of para-hydroxylation sites is 1. The largest absolute Gasteiger partial charge is 0.500 e. The van der Waals surface area contributed by atoms with Crippen molar-refractivity contribution in [2.75, 3.05) is 6.61 Å². The van der Waals surface area contributed by atoms with Gasteiger partial charge in [0.1, 0.15) is 5.60 Å². The average Bonchev–Trinajstić information content (AvgIpc) is 3.03. The molecular formula is C23H24N2O3. The van der Waals surface area contributed by atoms with Gasteiger partial charge in [0, 0.05) is 41.2 Å². The van der Waals surface area contributed by atoms with Gasteiger partial charge in [0.25, 0.3) is 0 Å². The predicted molar refractivity (Wildman–Crippen MR) is 107 cm³/mol. The summed E-state index contributed by atoms with van der Waals surface area (Å²) >= 11 is 0. The fraction of sp³-hybridized carbons (Fsp3) is 0.391. The summed E-state index contributed by atoms with van der Waals surface area (Å²) in [5.74, 6) is 0.0734. The van der Waals surface area contributed by atoms with E-state index in [-0.39, 0.29) is 17.8 Å². The van der Waals surface area contributed by atoms with Gasteiger partial charge < -0.3 is 14.0 Å². The first-order chi connectivity index (χ1) is 13.4. The standard InChI is InChI=1S/C23H24N2O3/c1-23(2,3)28-22(26)18-13-27-12-14-11-25-9-8-16-15-6-4-5-7-19(15)24-21(16)20(25)10-17(14)18/h4-9,13-14,17H,10-12H2,1-3H3. The number of pyridine rings is 1. The highest BCUT2D eigenvalue weighted by molar-refractivity contribution is 5.98. The van der Waals surface area contributed by atoms with Gasteiger partial charge in [0.15, 0.2) is 0 Å². The lowest BCUT2D eigenvalue weighted by molar-refractivity contribution is -0.151. The molecule has 0 spiro atoms. The van der Waals surface area contributed by atoms with Gasteiger partial charge >= 0.3 is 5.97 Å². The number of benzene rings is 1. The molecule has 0 amide bonds. The molecule has 1 aromatic rings. The van der Waals surface area contributed by atoms with E-state index in [9.17, 15) is 4.79 Å². The van der Waals surface area contributed by atoms with E-state index in [0.717, 1.165) is 24.2 Å². The number of carbonyl (C=O) groups is 1. The summed E-state index contributed by atoms with van der Waals surface area (Å²) < 4.78 is 13.6. The number of nitrogens with zero attached hydrogens (tertiary/aromatic N) is 2. The van der Waals surface area contributed by atoms with E-state index in [1.165, 1.54) is 16.6 Å². The molecule has 5 rings (SSSR count). The maximum Gasteiger partial charge on any atom is 0.337 e. The monoisotopic (exact) mass is 376 g/mol. The van der Waals surface area contributed by atoms with Gasteiger partial charge in [-0.05, 0) is 39.3 Å². The fourth-order valence-corrected chi connectivity index (χ4v) is 4.44. The van der Waals surface area contributed by atoms with Crippen molar-refractivity contribution in [1.82, 2.24) is 9.55 Å². The van der Waals surface area contributed by atoms with Crippen molar-refractivity contribution in [3.63, 3.8) is 0 Å². The number of aromatic nitrogens is 2. The highest BCUT2D eigenvalue weighted by atomic mass is 16.6. The van der Waals surface area contributed by atoms with Crippen LogP contribution in [0.5, 0.6) is 0 Å². The van der Waals surface area contributed by atoms with Crippen molar-refractivity contribution < 1.29 is 14.3 Å².